The van der Waals surface area contributed by atoms with Gasteiger partial charge in [-0.05, 0) is 63.1 Å². The number of hydrogen-bond donors (Lipinski definition) is 3. The van der Waals surface area contributed by atoms with E-state index < -0.39 is 26.4 Å². The van der Waals surface area contributed by atoms with E-state index in [1.807, 2.05) is 30.3 Å². The second kappa shape index (κ2) is 12.2. The van der Waals surface area contributed by atoms with Crippen LogP contribution in [0.5, 0.6) is 0 Å². The molecule has 1 aromatic heterocycles. The van der Waals surface area contributed by atoms with Crippen molar-refractivity contribution in [2.24, 2.45) is 17.6 Å². The monoisotopic (exact) mass is 516 g/mol. The van der Waals surface area contributed by atoms with Crippen molar-refractivity contribution >= 4 is 21.6 Å². The summed E-state index contributed by atoms with van der Waals surface area (Å²) in [6.07, 6.45) is 1.69. The Morgan fingerprint density at radius 3 is 2.44 bits per heavy atom. The number of amides is 1. The van der Waals surface area contributed by atoms with Gasteiger partial charge in [0.05, 0.1) is 23.6 Å². The van der Waals surface area contributed by atoms with Crippen molar-refractivity contribution in [2.75, 3.05) is 25.6 Å². The highest BCUT2D eigenvalue weighted by molar-refractivity contribution is 7.92. The van der Waals surface area contributed by atoms with Crippen molar-refractivity contribution in [3.05, 3.63) is 59.3 Å². The Balaban J connectivity index is 1.89. The molecule has 9 heteroatoms. The van der Waals surface area contributed by atoms with Crippen molar-refractivity contribution < 1.29 is 17.9 Å². The van der Waals surface area contributed by atoms with Crippen molar-refractivity contribution in [1.29, 1.82) is 0 Å². The lowest BCUT2D eigenvalue weighted by molar-refractivity contribution is 0.0913. The van der Waals surface area contributed by atoms with E-state index in [1.165, 1.54) is 0 Å². The fourth-order valence-electron chi connectivity index (χ4n) is 4.22. The Morgan fingerprint density at radius 1 is 1.19 bits per heavy atom. The van der Waals surface area contributed by atoms with E-state index in [-0.39, 0.29) is 18.6 Å². The SMILES string of the molecule is COC[C@H](N)[C@H](Cc1ccccc1)NC(=O)c1cc(NCC2C[C@@H]2C)nc(C(C)S(=O)(=O)C(C)C)c1. The van der Waals surface area contributed by atoms with Crippen LogP contribution in [0.2, 0.25) is 0 Å². The van der Waals surface area contributed by atoms with Crippen molar-refractivity contribution in [2.45, 2.75) is 63.1 Å². The van der Waals surface area contributed by atoms with E-state index in [9.17, 15) is 13.2 Å². The highest BCUT2D eigenvalue weighted by Crippen LogP contribution is 2.37. The molecule has 5 atom stereocenters. The summed E-state index contributed by atoms with van der Waals surface area (Å²) in [6, 6.07) is 12.3. The van der Waals surface area contributed by atoms with Gasteiger partial charge in [-0.15, -0.1) is 0 Å². The van der Waals surface area contributed by atoms with Crippen LogP contribution in [0.1, 0.15) is 61.0 Å². The normalized spacial score (nSPS) is 20.0. The van der Waals surface area contributed by atoms with Gasteiger partial charge < -0.3 is 21.1 Å². The summed E-state index contributed by atoms with van der Waals surface area (Å²) in [5.74, 6) is 1.39. The van der Waals surface area contributed by atoms with Gasteiger partial charge >= 0.3 is 0 Å². The molecule has 0 spiro atoms. The largest absolute Gasteiger partial charge is 0.383 e. The number of nitrogens with two attached hydrogens (primary N) is 1. The van der Waals surface area contributed by atoms with E-state index in [1.54, 1.807) is 40.0 Å². The van der Waals surface area contributed by atoms with Crippen LogP contribution in [0, 0.1) is 11.8 Å². The molecule has 0 aliphatic heterocycles. The van der Waals surface area contributed by atoms with Gasteiger partial charge in [0, 0.05) is 25.3 Å². The smallest absolute Gasteiger partial charge is 0.251 e. The molecule has 1 aliphatic rings. The first kappa shape index (κ1) is 28.1. The number of pyridine rings is 1. The minimum absolute atomic E-state index is 0.287. The standard InChI is InChI=1S/C27H40N4O4S/c1-17(2)36(33,34)19(4)24-13-21(14-26(30-24)29-15-22-11-18(22)3)27(32)31-25(23(28)16-35-5)12-20-9-7-6-8-10-20/h6-10,13-14,17-19,22-23,25H,11-12,15-16,28H2,1-5H3,(H,29,30)(H,31,32)/t18-,19?,22?,23-,25-/m0/s1. The Labute approximate surface area is 215 Å². The first-order valence-corrected chi connectivity index (χ1v) is 14.2. The van der Waals surface area contributed by atoms with Gasteiger partial charge in [-0.2, -0.15) is 0 Å². The molecule has 198 valence electrons. The highest BCUT2D eigenvalue weighted by atomic mass is 32.2. The highest BCUT2D eigenvalue weighted by Gasteiger charge is 2.33. The second-order valence-corrected chi connectivity index (χ2v) is 13.0. The third-order valence-electron chi connectivity index (χ3n) is 6.99. The Kier molecular flexibility index (Phi) is 9.49. The summed E-state index contributed by atoms with van der Waals surface area (Å²) in [5.41, 5.74) is 8.10. The molecule has 4 N–H and O–H groups in total. The fraction of sp³-hybridized carbons (Fsp3) is 0.556. The van der Waals surface area contributed by atoms with Crippen LogP contribution in [0.4, 0.5) is 5.82 Å². The van der Waals surface area contributed by atoms with Crippen molar-refractivity contribution in [1.82, 2.24) is 10.3 Å². The first-order chi connectivity index (χ1) is 17.0. The van der Waals surface area contributed by atoms with Gasteiger partial charge in [0.1, 0.15) is 11.1 Å². The number of hydrogen-bond acceptors (Lipinski definition) is 7. The van der Waals surface area contributed by atoms with Gasteiger partial charge in [0.25, 0.3) is 5.91 Å². The summed E-state index contributed by atoms with van der Waals surface area (Å²) in [7, 11) is -1.88. The van der Waals surface area contributed by atoms with E-state index in [4.69, 9.17) is 10.5 Å². The average molecular weight is 517 g/mol. The first-order valence-electron chi connectivity index (χ1n) is 12.6. The molecular weight excluding hydrogens is 476 g/mol. The van der Waals surface area contributed by atoms with Gasteiger partial charge in [-0.25, -0.2) is 13.4 Å². The molecule has 0 bridgehead atoms. The van der Waals surface area contributed by atoms with Crippen LogP contribution in [-0.4, -0.2) is 56.9 Å². The molecular formula is C27H40N4O4S. The van der Waals surface area contributed by atoms with Crippen LogP contribution < -0.4 is 16.4 Å². The Hall–Kier alpha value is -2.49. The number of anilines is 1. The number of sulfone groups is 1. The fourth-order valence-corrected chi connectivity index (χ4v) is 5.49. The molecule has 1 saturated carbocycles. The topological polar surface area (TPSA) is 123 Å². The number of methoxy groups -OCH3 is 1. The van der Waals surface area contributed by atoms with Gasteiger partial charge in [-0.3, -0.25) is 4.79 Å². The predicted octanol–water partition coefficient (Wildman–Crippen LogP) is 3.35. The summed E-state index contributed by atoms with van der Waals surface area (Å²) in [6.45, 7) is 8.15. The molecule has 1 heterocycles. The summed E-state index contributed by atoms with van der Waals surface area (Å²) < 4.78 is 31.0. The molecule has 1 amide bonds. The number of rotatable bonds is 13. The quantitative estimate of drug-likeness (QED) is 0.373. The van der Waals surface area contributed by atoms with E-state index >= 15 is 0 Å². The van der Waals surface area contributed by atoms with Crippen LogP contribution in [0.25, 0.3) is 0 Å². The zero-order valence-corrected chi connectivity index (χ0v) is 22.7. The van der Waals surface area contributed by atoms with Crippen molar-refractivity contribution in [3.8, 4) is 0 Å². The minimum atomic E-state index is -3.46. The number of nitrogens with one attached hydrogen (secondary N) is 2. The molecule has 1 fully saturated rings. The Morgan fingerprint density at radius 2 is 1.86 bits per heavy atom. The predicted molar refractivity (Wildman–Crippen MR) is 144 cm³/mol. The van der Waals surface area contributed by atoms with Gasteiger partial charge in [0.2, 0.25) is 0 Å². The zero-order valence-electron chi connectivity index (χ0n) is 21.9. The maximum atomic E-state index is 13.5. The van der Waals surface area contributed by atoms with Crippen LogP contribution >= 0.6 is 0 Å². The molecule has 1 aromatic carbocycles. The maximum Gasteiger partial charge on any atom is 0.251 e. The third kappa shape index (κ3) is 7.27. The molecule has 0 radical (unpaired) electrons. The van der Waals surface area contributed by atoms with E-state index in [0.29, 0.717) is 35.3 Å². The minimum Gasteiger partial charge on any atom is -0.383 e. The number of aromatic nitrogens is 1. The number of carbonyl (C=O) groups excluding carboxylic acids is 1. The van der Waals surface area contributed by atoms with Gasteiger partial charge in [0.15, 0.2) is 9.84 Å². The maximum absolute atomic E-state index is 13.5. The molecule has 0 saturated heterocycles. The molecule has 2 aromatic rings. The molecule has 36 heavy (non-hydrogen) atoms. The van der Waals surface area contributed by atoms with Crippen LogP contribution in [0.3, 0.4) is 0 Å². The molecule has 8 nitrogen and oxygen atoms in total. The number of nitrogens with zero attached hydrogens (tertiary/aromatic N) is 1. The average Bonchev–Trinajstić information content (AvgIpc) is 3.57. The molecule has 2 unspecified atom stereocenters. The van der Waals surface area contributed by atoms with Gasteiger partial charge in [-0.1, -0.05) is 37.3 Å². The number of carbonyl (C=O) groups is 1. The van der Waals surface area contributed by atoms with Crippen molar-refractivity contribution in [3.63, 3.8) is 0 Å². The molecule has 3 rings (SSSR count). The second-order valence-electron chi connectivity index (χ2n) is 10.2. The zero-order chi connectivity index (χ0) is 26.5. The van der Waals surface area contributed by atoms with E-state index in [2.05, 4.69) is 22.5 Å². The lowest BCUT2D eigenvalue weighted by Crippen LogP contribution is -2.51. The van der Waals surface area contributed by atoms with Crippen LogP contribution in [-0.2, 0) is 21.0 Å². The third-order valence-corrected chi connectivity index (χ3v) is 9.53. The number of ether oxygens (including phenoxy) is 1. The molecule has 1 aliphatic carbocycles. The lowest BCUT2D eigenvalue weighted by atomic mass is 9.99. The summed E-state index contributed by atoms with van der Waals surface area (Å²) >= 11 is 0. The Bertz CT molecular complexity index is 1120. The van der Waals surface area contributed by atoms with Crippen LogP contribution in [0.15, 0.2) is 42.5 Å². The summed E-state index contributed by atoms with van der Waals surface area (Å²) in [5, 5.41) is 4.97. The van der Waals surface area contributed by atoms with E-state index in [0.717, 1.165) is 18.5 Å². The number of benzene rings is 1. The summed E-state index contributed by atoms with van der Waals surface area (Å²) in [4.78, 5) is 18.0. The lowest BCUT2D eigenvalue weighted by Gasteiger charge is -2.25.